The molecule has 0 bridgehead atoms. The molecule has 1 aromatic carbocycles. The van der Waals surface area contributed by atoms with Crippen molar-refractivity contribution < 1.29 is 0 Å². The maximum atomic E-state index is 6.36. The third kappa shape index (κ3) is 3.20. The van der Waals surface area contributed by atoms with Crippen LogP contribution in [0.25, 0.3) is 0 Å². The van der Waals surface area contributed by atoms with Gasteiger partial charge in [0.2, 0.25) is 0 Å². The highest BCUT2D eigenvalue weighted by atomic mass is 35.5. The van der Waals surface area contributed by atoms with Crippen LogP contribution in [0, 0.1) is 0 Å². The minimum atomic E-state index is -0.0781. The molecule has 0 saturated heterocycles. The van der Waals surface area contributed by atoms with Crippen molar-refractivity contribution in [2.45, 2.75) is 32.2 Å². The van der Waals surface area contributed by atoms with Gasteiger partial charge in [0.05, 0.1) is 8.67 Å². The Morgan fingerprint density at radius 3 is 2.35 bits per heavy atom. The van der Waals surface area contributed by atoms with E-state index in [2.05, 4.69) is 50.4 Å². The summed E-state index contributed by atoms with van der Waals surface area (Å²) in [4.78, 5) is 0. The van der Waals surface area contributed by atoms with E-state index in [4.69, 9.17) is 23.2 Å². The Morgan fingerprint density at radius 1 is 1.20 bits per heavy atom. The molecule has 108 valence electrons. The summed E-state index contributed by atoms with van der Waals surface area (Å²) < 4.78 is 1.50. The fourth-order valence-electron chi connectivity index (χ4n) is 2.54. The number of nitrogens with one attached hydrogen (secondary N) is 1. The van der Waals surface area contributed by atoms with E-state index < -0.39 is 0 Å². The molecular formula is C16H19Cl2NS. The van der Waals surface area contributed by atoms with Gasteiger partial charge in [-0.3, -0.25) is 0 Å². The highest BCUT2D eigenvalue weighted by Crippen LogP contribution is 2.43. The molecule has 1 atom stereocenters. The van der Waals surface area contributed by atoms with Crippen LogP contribution in [0.5, 0.6) is 0 Å². The smallest absolute Gasteiger partial charge is 0.0992 e. The second-order valence-corrected chi connectivity index (χ2v) is 7.64. The standard InChI is InChI=1S/C16H19Cl2NS/c1-4-19-14(12-10-13(17)20-15(12)18)16(2,3)11-8-6-5-7-9-11/h5-10,14,19H,4H2,1-3H3. The summed E-state index contributed by atoms with van der Waals surface area (Å²) in [6.07, 6.45) is 0. The number of likely N-dealkylation sites (N-methyl/N-ethyl adjacent to an activating group) is 1. The predicted octanol–water partition coefficient (Wildman–Crippen LogP) is 5.68. The average Bonchev–Trinajstić information content (AvgIpc) is 2.75. The van der Waals surface area contributed by atoms with Crippen molar-refractivity contribution >= 4 is 34.5 Å². The first-order chi connectivity index (χ1) is 9.46. The fraction of sp³-hybridized carbons (Fsp3) is 0.375. The van der Waals surface area contributed by atoms with Crippen LogP contribution in [0.2, 0.25) is 8.67 Å². The van der Waals surface area contributed by atoms with Gasteiger partial charge in [-0.15, -0.1) is 11.3 Å². The van der Waals surface area contributed by atoms with Crippen LogP contribution in [-0.4, -0.2) is 6.54 Å². The van der Waals surface area contributed by atoms with E-state index in [1.165, 1.54) is 16.9 Å². The molecule has 20 heavy (non-hydrogen) atoms. The van der Waals surface area contributed by atoms with Gasteiger partial charge in [-0.05, 0) is 18.2 Å². The number of halogens is 2. The number of hydrogen-bond acceptors (Lipinski definition) is 2. The van der Waals surface area contributed by atoms with Crippen LogP contribution >= 0.6 is 34.5 Å². The molecule has 0 radical (unpaired) electrons. The summed E-state index contributed by atoms with van der Waals surface area (Å²) in [6, 6.07) is 12.6. The van der Waals surface area contributed by atoms with Crippen LogP contribution in [0.3, 0.4) is 0 Å². The van der Waals surface area contributed by atoms with Gasteiger partial charge in [0.1, 0.15) is 0 Å². The van der Waals surface area contributed by atoms with E-state index in [9.17, 15) is 0 Å². The molecule has 0 saturated carbocycles. The first kappa shape index (κ1) is 15.8. The van der Waals surface area contributed by atoms with Crippen molar-refractivity contribution in [2.24, 2.45) is 0 Å². The van der Waals surface area contributed by atoms with Gasteiger partial charge in [-0.1, -0.05) is 74.3 Å². The molecule has 1 N–H and O–H groups in total. The number of hydrogen-bond donors (Lipinski definition) is 1. The van der Waals surface area contributed by atoms with E-state index in [1.807, 2.05) is 12.1 Å². The van der Waals surface area contributed by atoms with Gasteiger partial charge in [0.25, 0.3) is 0 Å². The van der Waals surface area contributed by atoms with Gasteiger partial charge in [0.15, 0.2) is 0 Å². The third-order valence-electron chi connectivity index (χ3n) is 3.64. The lowest BCUT2D eigenvalue weighted by Gasteiger charge is -2.35. The molecule has 1 aromatic heterocycles. The molecular weight excluding hydrogens is 309 g/mol. The normalized spacial score (nSPS) is 13.4. The second kappa shape index (κ2) is 6.48. The maximum absolute atomic E-state index is 6.36. The van der Waals surface area contributed by atoms with Gasteiger partial charge >= 0.3 is 0 Å². The van der Waals surface area contributed by atoms with E-state index >= 15 is 0 Å². The molecule has 2 rings (SSSR count). The Bertz CT molecular complexity index is 563. The van der Waals surface area contributed by atoms with Crippen molar-refractivity contribution in [2.75, 3.05) is 6.54 Å². The van der Waals surface area contributed by atoms with Gasteiger partial charge in [-0.25, -0.2) is 0 Å². The summed E-state index contributed by atoms with van der Waals surface area (Å²) in [5.41, 5.74) is 2.28. The van der Waals surface area contributed by atoms with E-state index in [0.717, 1.165) is 20.8 Å². The van der Waals surface area contributed by atoms with Crippen LogP contribution in [0.4, 0.5) is 0 Å². The summed E-state index contributed by atoms with van der Waals surface area (Å²) in [5, 5.41) is 3.56. The summed E-state index contributed by atoms with van der Waals surface area (Å²) in [6.45, 7) is 7.45. The zero-order valence-corrected chi connectivity index (χ0v) is 14.2. The van der Waals surface area contributed by atoms with Crippen LogP contribution in [0.15, 0.2) is 36.4 Å². The van der Waals surface area contributed by atoms with Crippen LogP contribution < -0.4 is 5.32 Å². The fourth-order valence-corrected chi connectivity index (χ4v) is 4.07. The lowest BCUT2D eigenvalue weighted by atomic mass is 9.75. The minimum absolute atomic E-state index is 0.0781. The van der Waals surface area contributed by atoms with Gasteiger partial charge < -0.3 is 5.32 Å². The quantitative estimate of drug-likeness (QED) is 0.744. The molecule has 1 heterocycles. The first-order valence-corrected chi connectivity index (χ1v) is 8.27. The molecule has 0 aliphatic carbocycles. The Kier molecular flexibility index (Phi) is 5.14. The Balaban J connectivity index is 2.45. The molecule has 0 fully saturated rings. The number of rotatable bonds is 5. The lowest BCUT2D eigenvalue weighted by molar-refractivity contribution is 0.355. The highest BCUT2D eigenvalue weighted by molar-refractivity contribution is 7.20. The molecule has 0 aliphatic heterocycles. The third-order valence-corrected chi connectivity index (χ3v) is 5.16. The number of benzene rings is 1. The van der Waals surface area contributed by atoms with E-state index in [1.54, 1.807) is 0 Å². The molecule has 4 heteroatoms. The van der Waals surface area contributed by atoms with E-state index in [0.29, 0.717) is 0 Å². The molecule has 0 amide bonds. The van der Waals surface area contributed by atoms with Gasteiger partial charge in [-0.2, -0.15) is 0 Å². The Morgan fingerprint density at radius 2 is 1.85 bits per heavy atom. The zero-order valence-electron chi connectivity index (χ0n) is 11.9. The zero-order chi connectivity index (χ0) is 14.8. The van der Waals surface area contributed by atoms with Crippen molar-refractivity contribution in [3.8, 4) is 0 Å². The molecule has 0 aliphatic rings. The van der Waals surface area contributed by atoms with Crippen molar-refractivity contribution in [1.82, 2.24) is 5.32 Å². The first-order valence-electron chi connectivity index (χ1n) is 6.70. The lowest BCUT2D eigenvalue weighted by Crippen LogP contribution is -2.37. The maximum Gasteiger partial charge on any atom is 0.0992 e. The molecule has 0 spiro atoms. The van der Waals surface area contributed by atoms with Crippen LogP contribution in [-0.2, 0) is 5.41 Å². The summed E-state index contributed by atoms with van der Waals surface area (Å²) in [5.74, 6) is 0. The average molecular weight is 328 g/mol. The molecule has 2 aromatic rings. The molecule has 1 unspecified atom stereocenters. The largest absolute Gasteiger partial charge is 0.309 e. The Labute approximate surface area is 134 Å². The second-order valence-electron chi connectivity index (χ2n) is 5.36. The van der Waals surface area contributed by atoms with Gasteiger partial charge in [0, 0.05) is 17.0 Å². The van der Waals surface area contributed by atoms with E-state index in [-0.39, 0.29) is 11.5 Å². The summed E-state index contributed by atoms with van der Waals surface area (Å²) >= 11 is 13.9. The number of thiophene rings is 1. The summed E-state index contributed by atoms with van der Waals surface area (Å²) in [7, 11) is 0. The Hall–Kier alpha value is -0.540. The van der Waals surface area contributed by atoms with Crippen LogP contribution in [0.1, 0.15) is 37.9 Å². The molecule has 1 nitrogen and oxygen atoms in total. The monoisotopic (exact) mass is 327 g/mol. The topological polar surface area (TPSA) is 12.0 Å². The highest BCUT2D eigenvalue weighted by Gasteiger charge is 2.34. The SMILES string of the molecule is CCNC(c1cc(Cl)sc1Cl)C(C)(C)c1ccccc1. The van der Waals surface area contributed by atoms with Crippen molar-refractivity contribution in [1.29, 1.82) is 0 Å². The predicted molar refractivity (Wildman–Crippen MR) is 90.2 cm³/mol. The van der Waals surface area contributed by atoms with Crippen molar-refractivity contribution in [3.05, 3.63) is 56.2 Å². The van der Waals surface area contributed by atoms with Crippen molar-refractivity contribution in [3.63, 3.8) is 0 Å². The minimum Gasteiger partial charge on any atom is -0.309 e.